The van der Waals surface area contributed by atoms with Crippen molar-refractivity contribution in [2.45, 2.75) is 37.5 Å². The normalized spacial score (nSPS) is 18.5. The van der Waals surface area contributed by atoms with Crippen LogP contribution in [0, 0.1) is 0 Å². The standard InChI is InChI=1S/C23H21F2N5OS/c1-29-12-15-8-14(11-26-20(15)28-29)18-9-16(13-2-3-13)17-10-19(32-21(17)27-18)22(31)30-6-4-23(24,25)5-7-30/h8-13H,2-7H2,1H3. The Hall–Kier alpha value is -2.94. The van der Waals surface area contributed by atoms with Crippen LogP contribution in [0.15, 0.2) is 30.6 Å². The van der Waals surface area contributed by atoms with Gasteiger partial charge in [0.25, 0.3) is 11.8 Å². The molecule has 0 atom stereocenters. The van der Waals surface area contributed by atoms with Gasteiger partial charge in [-0.2, -0.15) is 5.10 Å². The monoisotopic (exact) mass is 453 g/mol. The van der Waals surface area contributed by atoms with E-state index in [-0.39, 0.29) is 31.8 Å². The summed E-state index contributed by atoms with van der Waals surface area (Å²) >= 11 is 1.35. The van der Waals surface area contributed by atoms with Gasteiger partial charge < -0.3 is 4.90 Å². The first kappa shape index (κ1) is 19.7. The van der Waals surface area contributed by atoms with Crippen LogP contribution in [0.5, 0.6) is 0 Å². The summed E-state index contributed by atoms with van der Waals surface area (Å²) in [5.74, 6) is -2.37. The first-order chi connectivity index (χ1) is 15.4. The lowest BCUT2D eigenvalue weighted by atomic mass is 10.0. The maximum absolute atomic E-state index is 13.5. The number of hydrogen-bond donors (Lipinski definition) is 0. The average molecular weight is 454 g/mol. The number of thiophene rings is 1. The lowest BCUT2D eigenvalue weighted by Gasteiger charge is -2.31. The van der Waals surface area contributed by atoms with Crippen LogP contribution in [0.2, 0.25) is 0 Å². The largest absolute Gasteiger partial charge is 0.338 e. The highest BCUT2D eigenvalue weighted by molar-refractivity contribution is 7.20. The number of likely N-dealkylation sites (tertiary alicyclic amines) is 1. The van der Waals surface area contributed by atoms with E-state index >= 15 is 0 Å². The Balaban J connectivity index is 1.39. The average Bonchev–Trinajstić information content (AvgIpc) is 3.40. The first-order valence-corrected chi connectivity index (χ1v) is 11.6. The molecular formula is C23H21F2N5OS. The van der Waals surface area contributed by atoms with Crippen molar-refractivity contribution in [2.75, 3.05) is 13.1 Å². The summed E-state index contributed by atoms with van der Waals surface area (Å²) in [5.41, 5.74) is 3.64. The number of aromatic nitrogens is 4. The highest BCUT2D eigenvalue weighted by Crippen LogP contribution is 2.45. The fraction of sp³-hybridized carbons (Fsp3) is 0.391. The maximum atomic E-state index is 13.5. The van der Waals surface area contributed by atoms with E-state index in [1.165, 1.54) is 16.9 Å². The van der Waals surface area contributed by atoms with Crippen LogP contribution in [-0.4, -0.2) is 49.6 Å². The summed E-state index contributed by atoms with van der Waals surface area (Å²) in [6, 6.07) is 6.05. The van der Waals surface area contributed by atoms with Crippen LogP contribution in [0.4, 0.5) is 8.78 Å². The minimum atomic E-state index is -2.67. The molecule has 2 fully saturated rings. The number of carbonyl (C=O) groups excluding carboxylic acids is 1. The van der Waals surface area contributed by atoms with Crippen LogP contribution >= 0.6 is 11.3 Å². The van der Waals surface area contributed by atoms with Crippen molar-refractivity contribution < 1.29 is 13.6 Å². The smallest absolute Gasteiger partial charge is 0.264 e. The highest BCUT2D eigenvalue weighted by atomic mass is 32.1. The Bertz CT molecular complexity index is 1360. The summed E-state index contributed by atoms with van der Waals surface area (Å²) in [4.78, 5) is 25.3. The molecule has 1 aliphatic heterocycles. The number of carbonyl (C=O) groups is 1. The summed E-state index contributed by atoms with van der Waals surface area (Å²) in [7, 11) is 1.87. The topological polar surface area (TPSA) is 63.9 Å². The Morgan fingerprint density at radius 2 is 1.97 bits per heavy atom. The van der Waals surface area contributed by atoms with Gasteiger partial charge in [-0.15, -0.1) is 11.3 Å². The molecule has 1 aliphatic carbocycles. The van der Waals surface area contributed by atoms with Gasteiger partial charge in [0.15, 0.2) is 5.65 Å². The minimum Gasteiger partial charge on any atom is -0.338 e. The van der Waals surface area contributed by atoms with Crippen molar-refractivity contribution in [3.8, 4) is 11.3 Å². The molecule has 4 aromatic heterocycles. The predicted molar refractivity (Wildman–Crippen MR) is 119 cm³/mol. The number of rotatable bonds is 3. The molecule has 1 saturated carbocycles. The number of alkyl halides is 2. The summed E-state index contributed by atoms with van der Waals surface area (Å²) in [6.07, 6.45) is 5.41. The number of pyridine rings is 2. The molecule has 0 N–H and O–H groups in total. The van der Waals surface area contributed by atoms with Crippen LogP contribution < -0.4 is 0 Å². The summed E-state index contributed by atoms with van der Waals surface area (Å²) in [5, 5.41) is 6.28. The molecular weight excluding hydrogens is 432 g/mol. The quantitative estimate of drug-likeness (QED) is 0.438. The number of hydrogen-bond acceptors (Lipinski definition) is 5. The van der Waals surface area contributed by atoms with E-state index in [0.717, 1.165) is 39.7 Å². The number of fused-ring (bicyclic) bond motifs is 2. The van der Waals surface area contributed by atoms with Gasteiger partial charge in [-0.05, 0) is 42.5 Å². The number of nitrogens with zero attached hydrogens (tertiary/aromatic N) is 5. The van der Waals surface area contributed by atoms with Crippen molar-refractivity contribution in [3.05, 3.63) is 41.0 Å². The van der Waals surface area contributed by atoms with E-state index in [1.54, 1.807) is 15.8 Å². The molecule has 0 spiro atoms. The first-order valence-electron chi connectivity index (χ1n) is 10.8. The predicted octanol–water partition coefficient (Wildman–Crippen LogP) is 4.99. The van der Waals surface area contributed by atoms with Crippen molar-refractivity contribution >= 4 is 38.5 Å². The van der Waals surface area contributed by atoms with Gasteiger partial charge in [-0.25, -0.2) is 18.7 Å². The maximum Gasteiger partial charge on any atom is 0.264 e. The molecule has 1 amide bonds. The van der Waals surface area contributed by atoms with Crippen molar-refractivity contribution in [2.24, 2.45) is 7.05 Å². The molecule has 0 aromatic carbocycles. The van der Waals surface area contributed by atoms with E-state index in [2.05, 4.69) is 16.1 Å². The second kappa shape index (κ2) is 7.03. The van der Waals surface area contributed by atoms with Crippen molar-refractivity contribution in [3.63, 3.8) is 0 Å². The Morgan fingerprint density at radius 3 is 2.72 bits per heavy atom. The number of amides is 1. The molecule has 0 unspecified atom stereocenters. The van der Waals surface area contributed by atoms with E-state index in [0.29, 0.717) is 16.4 Å². The highest BCUT2D eigenvalue weighted by Gasteiger charge is 2.36. The van der Waals surface area contributed by atoms with Crippen LogP contribution in [0.25, 0.3) is 32.5 Å². The van der Waals surface area contributed by atoms with Crippen molar-refractivity contribution in [1.29, 1.82) is 0 Å². The molecule has 5 heterocycles. The van der Waals surface area contributed by atoms with Gasteiger partial charge in [-0.3, -0.25) is 9.48 Å². The Kier molecular flexibility index (Phi) is 4.33. The zero-order valence-corrected chi connectivity index (χ0v) is 18.3. The van der Waals surface area contributed by atoms with Gasteiger partial charge in [-0.1, -0.05) is 0 Å². The van der Waals surface area contributed by atoms with E-state index < -0.39 is 5.92 Å². The molecule has 4 aromatic rings. The van der Waals surface area contributed by atoms with Crippen LogP contribution in [0.1, 0.15) is 46.8 Å². The fourth-order valence-corrected chi connectivity index (χ4v) is 5.42. The van der Waals surface area contributed by atoms with Gasteiger partial charge in [0.1, 0.15) is 4.83 Å². The van der Waals surface area contributed by atoms with E-state index in [4.69, 9.17) is 4.98 Å². The number of piperidine rings is 1. The van der Waals surface area contributed by atoms with Crippen LogP contribution in [-0.2, 0) is 7.05 Å². The molecule has 0 radical (unpaired) electrons. The lowest BCUT2D eigenvalue weighted by molar-refractivity contribution is -0.0493. The van der Waals surface area contributed by atoms with Gasteiger partial charge in [0.2, 0.25) is 0 Å². The molecule has 0 bridgehead atoms. The van der Waals surface area contributed by atoms with Gasteiger partial charge in [0.05, 0.1) is 10.6 Å². The van der Waals surface area contributed by atoms with Crippen LogP contribution in [0.3, 0.4) is 0 Å². The third-order valence-corrected chi connectivity index (χ3v) is 7.33. The third-order valence-electron chi connectivity index (χ3n) is 6.32. The van der Waals surface area contributed by atoms with Gasteiger partial charge in [0, 0.05) is 61.7 Å². The number of aryl methyl sites for hydroxylation is 1. The SMILES string of the molecule is Cn1cc2cc(-c3cc(C4CC4)c4cc(C(=O)N5CCC(F)(F)CC5)sc4n3)cnc2n1. The second-order valence-electron chi connectivity index (χ2n) is 8.79. The molecule has 32 heavy (non-hydrogen) atoms. The minimum absolute atomic E-state index is 0.0883. The van der Waals surface area contributed by atoms with E-state index in [1.807, 2.05) is 25.4 Å². The van der Waals surface area contributed by atoms with E-state index in [9.17, 15) is 13.6 Å². The number of halogens is 2. The molecule has 6 nitrogen and oxygen atoms in total. The second-order valence-corrected chi connectivity index (χ2v) is 9.82. The van der Waals surface area contributed by atoms with Gasteiger partial charge >= 0.3 is 0 Å². The Morgan fingerprint density at radius 1 is 1.19 bits per heavy atom. The lowest BCUT2D eigenvalue weighted by Crippen LogP contribution is -2.42. The molecule has 1 saturated heterocycles. The molecule has 9 heteroatoms. The third kappa shape index (κ3) is 3.44. The fourth-order valence-electron chi connectivity index (χ4n) is 4.39. The summed E-state index contributed by atoms with van der Waals surface area (Å²) < 4.78 is 28.8. The van der Waals surface area contributed by atoms with Crippen molar-refractivity contribution in [1.82, 2.24) is 24.6 Å². The zero-order chi connectivity index (χ0) is 22.0. The molecule has 6 rings (SSSR count). The Labute approximate surface area is 186 Å². The zero-order valence-electron chi connectivity index (χ0n) is 17.5. The molecule has 164 valence electrons. The summed E-state index contributed by atoms with van der Waals surface area (Å²) in [6.45, 7) is 0.177. The molecule has 2 aliphatic rings.